The van der Waals surface area contributed by atoms with E-state index in [0.29, 0.717) is 24.8 Å². The zero-order valence-corrected chi connectivity index (χ0v) is 15.4. The molecule has 1 saturated carbocycles. The standard InChI is InChI=1S/C21H29FN2O2/c22-19-8-4-5-17(13-19)15-23-20(25)14-16-9-11-24(12-10-16)21(26)18-6-2-1-3-7-18/h4-5,8,13,16,18H,1-3,6-7,9-12,14-15H2,(H,23,25). The Hall–Kier alpha value is -1.91. The molecule has 0 radical (unpaired) electrons. The number of amides is 2. The summed E-state index contributed by atoms with van der Waals surface area (Å²) in [4.78, 5) is 26.7. The Morgan fingerprint density at radius 3 is 2.50 bits per heavy atom. The number of halogens is 1. The first-order valence-electron chi connectivity index (χ1n) is 9.92. The molecule has 1 heterocycles. The van der Waals surface area contributed by atoms with Crippen LogP contribution in [0.25, 0.3) is 0 Å². The van der Waals surface area contributed by atoms with Crippen molar-refractivity contribution in [2.45, 2.75) is 57.9 Å². The van der Waals surface area contributed by atoms with Crippen LogP contribution in [-0.4, -0.2) is 29.8 Å². The van der Waals surface area contributed by atoms with Gasteiger partial charge in [-0.15, -0.1) is 0 Å². The minimum absolute atomic E-state index is 0.00585. The fourth-order valence-electron chi connectivity index (χ4n) is 4.15. The molecule has 0 bridgehead atoms. The summed E-state index contributed by atoms with van der Waals surface area (Å²) in [5, 5.41) is 2.87. The molecule has 2 amide bonds. The molecule has 2 fully saturated rings. The van der Waals surface area contributed by atoms with E-state index < -0.39 is 0 Å². The molecule has 0 unspecified atom stereocenters. The van der Waals surface area contributed by atoms with E-state index in [4.69, 9.17) is 0 Å². The van der Waals surface area contributed by atoms with Crippen LogP contribution >= 0.6 is 0 Å². The normalized spacial score (nSPS) is 19.3. The molecule has 1 saturated heterocycles. The van der Waals surface area contributed by atoms with Crippen LogP contribution in [0.5, 0.6) is 0 Å². The average molecular weight is 360 g/mol. The van der Waals surface area contributed by atoms with E-state index in [2.05, 4.69) is 5.32 Å². The van der Waals surface area contributed by atoms with Gasteiger partial charge in [-0.25, -0.2) is 4.39 Å². The number of likely N-dealkylation sites (tertiary alicyclic amines) is 1. The first kappa shape index (κ1) is 18.9. The zero-order valence-electron chi connectivity index (χ0n) is 15.4. The highest BCUT2D eigenvalue weighted by atomic mass is 19.1. The topological polar surface area (TPSA) is 49.4 Å². The summed E-state index contributed by atoms with van der Waals surface area (Å²) in [5.74, 6) is 0.615. The van der Waals surface area contributed by atoms with E-state index in [1.165, 1.54) is 31.4 Å². The molecule has 26 heavy (non-hydrogen) atoms. The summed E-state index contributed by atoms with van der Waals surface area (Å²) in [7, 11) is 0. The number of nitrogens with zero attached hydrogens (tertiary/aromatic N) is 1. The summed E-state index contributed by atoms with van der Waals surface area (Å²) in [6.07, 6.45) is 7.98. The van der Waals surface area contributed by atoms with Crippen LogP contribution < -0.4 is 5.32 Å². The molecular weight excluding hydrogens is 331 g/mol. The van der Waals surface area contributed by atoms with Crippen molar-refractivity contribution in [2.24, 2.45) is 11.8 Å². The van der Waals surface area contributed by atoms with Crippen molar-refractivity contribution in [1.82, 2.24) is 10.2 Å². The number of carbonyl (C=O) groups is 2. The van der Waals surface area contributed by atoms with Gasteiger partial charge >= 0.3 is 0 Å². The van der Waals surface area contributed by atoms with Gasteiger partial charge in [-0.05, 0) is 49.3 Å². The number of hydrogen-bond donors (Lipinski definition) is 1. The van der Waals surface area contributed by atoms with Crippen LogP contribution in [0.1, 0.15) is 56.9 Å². The number of benzene rings is 1. The van der Waals surface area contributed by atoms with Gasteiger partial charge in [0.25, 0.3) is 0 Å². The summed E-state index contributed by atoms with van der Waals surface area (Å²) < 4.78 is 13.2. The number of hydrogen-bond acceptors (Lipinski definition) is 2. The molecule has 1 aromatic rings. The van der Waals surface area contributed by atoms with Crippen LogP contribution in [0, 0.1) is 17.7 Å². The number of nitrogens with one attached hydrogen (secondary N) is 1. The predicted octanol–water partition coefficient (Wildman–Crippen LogP) is 3.65. The summed E-state index contributed by atoms with van der Waals surface area (Å²) in [5.41, 5.74) is 0.770. The van der Waals surface area contributed by atoms with Crippen LogP contribution in [0.4, 0.5) is 4.39 Å². The average Bonchev–Trinajstić information content (AvgIpc) is 2.67. The smallest absolute Gasteiger partial charge is 0.225 e. The fraction of sp³-hybridized carbons (Fsp3) is 0.619. The van der Waals surface area contributed by atoms with Gasteiger partial charge in [-0.3, -0.25) is 9.59 Å². The van der Waals surface area contributed by atoms with E-state index in [0.717, 1.165) is 44.3 Å². The lowest BCUT2D eigenvalue weighted by atomic mass is 9.87. The monoisotopic (exact) mass is 360 g/mol. The van der Waals surface area contributed by atoms with Gasteiger partial charge in [0.1, 0.15) is 5.82 Å². The molecule has 0 spiro atoms. The van der Waals surface area contributed by atoms with Crippen molar-refractivity contribution in [3.8, 4) is 0 Å². The Labute approximate surface area is 155 Å². The maximum atomic E-state index is 13.2. The van der Waals surface area contributed by atoms with Crippen molar-refractivity contribution in [2.75, 3.05) is 13.1 Å². The third-order valence-corrected chi connectivity index (χ3v) is 5.73. The van der Waals surface area contributed by atoms with E-state index in [-0.39, 0.29) is 17.6 Å². The minimum atomic E-state index is -0.285. The van der Waals surface area contributed by atoms with E-state index >= 15 is 0 Å². The Balaban J connectivity index is 1.38. The third-order valence-electron chi connectivity index (χ3n) is 5.73. The van der Waals surface area contributed by atoms with Gasteiger partial charge in [0.15, 0.2) is 0 Å². The lowest BCUT2D eigenvalue weighted by Crippen LogP contribution is -2.43. The Morgan fingerprint density at radius 1 is 1.08 bits per heavy atom. The van der Waals surface area contributed by atoms with Crippen molar-refractivity contribution in [3.05, 3.63) is 35.6 Å². The van der Waals surface area contributed by atoms with Crippen LogP contribution in [0.15, 0.2) is 24.3 Å². The lowest BCUT2D eigenvalue weighted by molar-refractivity contribution is -0.138. The molecule has 5 heteroatoms. The molecule has 1 aliphatic heterocycles. The summed E-state index contributed by atoms with van der Waals surface area (Å²) >= 11 is 0. The van der Waals surface area contributed by atoms with E-state index in [1.807, 2.05) is 4.90 Å². The van der Waals surface area contributed by atoms with Crippen molar-refractivity contribution >= 4 is 11.8 Å². The molecule has 2 aliphatic rings. The minimum Gasteiger partial charge on any atom is -0.352 e. The second-order valence-corrected chi connectivity index (χ2v) is 7.71. The zero-order chi connectivity index (χ0) is 18.4. The molecule has 1 aromatic carbocycles. The van der Waals surface area contributed by atoms with Crippen molar-refractivity contribution in [3.63, 3.8) is 0 Å². The summed E-state index contributed by atoms with van der Waals surface area (Å²) in [6, 6.07) is 6.29. The second-order valence-electron chi connectivity index (χ2n) is 7.71. The molecule has 0 aromatic heterocycles. The van der Waals surface area contributed by atoms with Crippen LogP contribution in [-0.2, 0) is 16.1 Å². The molecule has 1 N–H and O–H groups in total. The molecule has 142 valence electrons. The van der Waals surface area contributed by atoms with E-state index in [9.17, 15) is 14.0 Å². The fourth-order valence-corrected chi connectivity index (χ4v) is 4.15. The molecule has 1 aliphatic carbocycles. The maximum Gasteiger partial charge on any atom is 0.225 e. The van der Waals surface area contributed by atoms with Gasteiger partial charge < -0.3 is 10.2 Å². The molecule has 4 nitrogen and oxygen atoms in total. The van der Waals surface area contributed by atoms with Gasteiger partial charge in [-0.2, -0.15) is 0 Å². The Morgan fingerprint density at radius 2 is 1.81 bits per heavy atom. The highest BCUT2D eigenvalue weighted by Crippen LogP contribution is 2.28. The second kappa shape index (κ2) is 9.15. The first-order chi connectivity index (χ1) is 12.6. The van der Waals surface area contributed by atoms with Crippen molar-refractivity contribution < 1.29 is 14.0 Å². The van der Waals surface area contributed by atoms with Gasteiger partial charge in [-0.1, -0.05) is 31.4 Å². The molecule has 3 rings (SSSR count). The third kappa shape index (κ3) is 5.29. The van der Waals surface area contributed by atoms with Crippen LogP contribution in [0.2, 0.25) is 0 Å². The molecular formula is C21H29FN2O2. The largest absolute Gasteiger partial charge is 0.352 e. The highest BCUT2D eigenvalue weighted by Gasteiger charge is 2.29. The predicted molar refractivity (Wildman–Crippen MR) is 98.7 cm³/mol. The number of piperidine rings is 1. The van der Waals surface area contributed by atoms with Gasteiger partial charge in [0, 0.05) is 32.0 Å². The van der Waals surface area contributed by atoms with E-state index in [1.54, 1.807) is 12.1 Å². The van der Waals surface area contributed by atoms with Crippen molar-refractivity contribution in [1.29, 1.82) is 0 Å². The van der Waals surface area contributed by atoms with Crippen LogP contribution in [0.3, 0.4) is 0 Å². The SMILES string of the molecule is O=C(CC1CCN(C(=O)C2CCCCC2)CC1)NCc1cccc(F)c1. The number of carbonyl (C=O) groups excluding carboxylic acids is 2. The highest BCUT2D eigenvalue weighted by molar-refractivity contribution is 5.79. The quantitative estimate of drug-likeness (QED) is 0.871. The Kier molecular flexibility index (Phi) is 6.64. The molecule has 0 atom stereocenters. The number of rotatable bonds is 5. The lowest BCUT2D eigenvalue weighted by Gasteiger charge is -2.35. The van der Waals surface area contributed by atoms with Gasteiger partial charge in [0.2, 0.25) is 11.8 Å². The van der Waals surface area contributed by atoms with Gasteiger partial charge in [0.05, 0.1) is 0 Å². The first-order valence-corrected chi connectivity index (χ1v) is 9.92. The Bertz CT molecular complexity index is 620. The maximum absolute atomic E-state index is 13.2. The summed E-state index contributed by atoms with van der Waals surface area (Å²) in [6.45, 7) is 1.91.